The second kappa shape index (κ2) is 12.7. The van der Waals surface area contributed by atoms with E-state index in [4.69, 9.17) is 15.0 Å². The molecule has 234 valence electrons. The van der Waals surface area contributed by atoms with E-state index in [9.17, 15) is 0 Å². The summed E-state index contributed by atoms with van der Waals surface area (Å²) in [5, 5.41) is 3.56. The summed E-state index contributed by atoms with van der Waals surface area (Å²) in [6, 6.07) is 61.1. The van der Waals surface area contributed by atoms with E-state index in [0.717, 1.165) is 44.3 Å². The molecule has 0 spiro atoms. The molecule has 9 rings (SSSR count). The Morgan fingerprint density at radius 2 is 0.680 bits per heavy atom. The zero-order valence-corrected chi connectivity index (χ0v) is 27.1. The number of hydrogen-bond acceptors (Lipinski definition) is 4. The van der Waals surface area contributed by atoms with Crippen LogP contribution in [0, 0.1) is 0 Å². The van der Waals surface area contributed by atoms with Crippen LogP contribution in [-0.4, -0.2) is 19.9 Å². The number of aromatic nitrogens is 4. The van der Waals surface area contributed by atoms with Gasteiger partial charge in [-0.3, -0.25) is 4.98 Å². The Hall–Kier alpha value is -6.78. The molecule has 9 aromatic rings. The Kier molecular flexibility index (Phi) is 7.45. The van der Waals surface area contributed by atoms with Crippen molar-refractivity contribution in [3.8, 4) is 67.5 Å². The first-order chi connectivity index (χ1) is 24.8. The monoisotopic (exact) mass is 638 g/mol. The third kappa shape index (κ3) is 5.49. The molecule has 0 aliphatic carbocycles. The molecule has 0 unspecified atom stereocenters. The lowest BCUT2D eigenvalue weighted by Gasteiger charge is -2.14. The van der Waals surface area contributed by atoms with E-state index < -0.39 is 0 Å². The highest BCUT2D eigenvalue weighted by Crippen LogP contribution is 2.38. The maximum absolute atomic E-state index is 4.93. The van der Waals surface area contributed by atoms with Gasteiger partial charge in [0.25, 0.3) is 0 Å². The molecule has 0 N–H and O–H groups in total. The van der Waals surface area contributed by atoms with Gasteiger partial charge >= 0.3 is 0 Å². The Morgan fingerprint density at radius 1 is 0.280 bits per heavy atom. The molecule has 0 saturated heterocycles. The Bertz CT molecular complexity index is 2550. The predicted molar refractivity (Wildman–Crippen MR) is 205 cm³/mol. The van der Waals surface area contributed by atoms with Crippen LogP contribution >= 0.6 is 0 Å². The van der Waals surface area contributed by atoms with Crippen LogP contribution in [0.3, 0.4) is 0 Å². The van der Waals surface area contributed by atoms with Crippen molar-refractivity contribution in [1.82, 2.24) is 19.9 Å². The van der Waals surface area contributed by atoms with Crippen molar-refractivity contribution in [3.63, 3.8) is 0 Å². The summed E-state index contributed by atoms with van der Waals surface area (Å²) in [5.74, 6) is 1.95. The molecular formula is C46H30N4. The number of para-hydroxylation sites is 1. The van der Waals surface area contributed by atoms with E-state index in [0.29, 0.717) is 17.5 Å². The summed E-state index contributed by atoms with van der Waals surface area (Å²) >= 11 is 0. The van der Waals surface area contributed by atoms with Crippen LogP contribution in [0.4, 0.5) is 0 Å². The van der Waals surface area contributed by atoms with Gasteiger partial charge in [-0.05, 0) is 44.7 Å². The third-order valence-electron chi connectivity index (χ3n) is 9.20. The fourth-order valence-corrected chi connectivity index (χ4v) is 6.73. The van der Waals surface area contributed by atoms with Crippen molar-refractivity contribution < 1.29 is 0 Å². The molecule has 7 aromatic carbocycles. The van der Waals surface area contributed by atoms with Gasteiger partial charge in [0.05, 0.1) is 5.52 Å². The Balaban J connectivity index is 1.10. The second-order valence-corrected chi connectivity index (χ2v) is 12.3. The Morgan fingerprint density at radius 3 is 1.20 bits per heavy atom. The average Bonchev–Trinajstić information content (AvgIpc) is 3.21. The van der Waals surface area contributed by atoms with Crippen molar-refractivity contribution >= 4 is 21.7 Å². The van der Waals surface area contributed by atoms with Crippen LogP contribution in [0.5, 0.6) is 0 Å². The number of pyridine rings is 1. The van der Waals surface area contributed by atoms with E-state index >= 15 is 0 Å². The van der Waals surface area contributed by atoms with Crippen molar-refractivity contribution in [2.45, 2.75) is 0 Å². The zero-order valence-electron chi connectivity index (χ0n) is 27.1. The van der Waals surface area contributed by atoms with Gasteiger partial charge in [-0.1, -0.05) is 170 Å². The molecule has 0 atom stereocenters. The first kappa shape index (κ1) is 29.4. The summed E-state index contributed by atoms with van der Waals surface area (Å²) < 4.78 is 0. The molecule has 4 nitrogen and oxygen atoms in total. The Labute approximate surface area is 290 Å². The third-order valence-corrected chi connectivity index (χ3v) is 9.20. The van der Waals surface area contributed by atoms with E-state index in [1.807, 2.05) is 72.9 Å². The number of nitrogens with zero attached hydrogens (tertiary/aromatic N) is 4. The minimum Gasteiger partial charge on any atom is -0.256 e. The molecule has 2 heterocycles. The molecular weight excluding hydrogens is 609 g/mol. The fraction of sp³-hybridized carbons (Fsp3) is 0. The quantitative estimate of drug-likeness (QED) is 0.182. The maximum atomic E-state index is 4.93. The fourth-order valence-electron chi connectivity index (χ4n) is 6.73. The molecule has 0 fully saturated rings. The molecule has 0 saturated carbocycles. The smallest absolute Gasteiger partial charge is 0.164 e. The first-order valence-electron chi connectivity index (χ1n) is 16.7. The van der Waals surface area contributed by atoms with Crippen molar-refractivity contribution in [2.75, 3.05) is 0 Å². The maximum Gasteiger partial charge on any atom is 0.164 e. The van der Waals surface area contributed by atoms with Gasteiger partial charge in [0.1, 0.15) is 0 Å². The number of benzene rings is 7. The van der Waals surface area contributed by atoms with Gasteiger partial charge in [0, 0.05) is 33.8 Å². The lowest BCUT2D eigenvalue weighted by molar-refractivity contribution is 1.07. The normalized spacial score (nSPS) is 11.2. The summed E-state index contributed by atoms with van der Waals surface area (Å²) in [7, 11) is 0. The zero-order chi connectivity index (χ0) is 33.3. The van der Waals surface area contributed by atoms with Gasteiger partial charge in [-0.15, -0.1) is 0 Å². The highest BCUT2D eigenvalue weighted by atomic mass is 15.0. The van der Waals surface area contributed by atoms with Gasteiger partial charge in [-0.25, -0.2) is 15.0 Å². The van der Waals surface area contributed by atoms with Gasteiger partial charge in [0.15, 0.2) is 17.5 Å². The van der Waals surface area contributed by atoms with Crippen LogP contribution in [0.1, 0.15) is 0 Å². The summed E-state index contributed by atoms with van der Waals surface area (Å²) in [4.78, 5) is 19.4. The number of fused-ring (bicyclic) bond motifs is 2. The molecule has 0 aliphatic heterocycles. The molecule has 0 radical (unpaired) electrons. The van der Waals surface area contributed by atoms with Gasteiger partial charge in [0.2, 0.25) is 0 Å². The summed E-state index contributed by atoms with van der Waals surface area (Å²) in [6.07, 6.45) is 1.86. The topological polar surface area (TPSA) is 51.6 Å². The molecule has 4 heteroatoms. The van der Waals surface area contributed by atoms with E-state index in [1.54, 1.807) is 0 Å². The molecule has 0 amide bonds. The van der Waals surface area contributed by atoms with E-state index in [-0.39, 0.29) is 0 Å². The van der Waals surface area contributed by atoms with Gasteiger partial charge < -0.3 is 0 Å². The minimum absolute atomic E-state index is 0.643. The largest absolute Gasteiger partial charge is 0.256 e. The van der Waals surface area contributed by atoms with E-state index in [1.165, 1.54) is 27.5 Å². The van der Waals surface area contributed by atoms with Crippen LogP contribution in [-0.2, 0) is 0 Å². The van der Waals surface area contributed by atoms with Crippen LogP contribution in [0.15, 0.2) is 182 Å². The number of rotatable bonds is 6. The van der Waals surface area contributed by atoms with Gasteiger partial charge in [-0.2, -0.15) is 0 Å². The van der Waals surface area contributed by atoms with E-state index in [2.05, 4.69) is 114 Å². The molecule has 2 aromatic heterocycles. The molecule has 50 heavy (non-hydrogen) atoms. The van der Waals surface area contributed by atoms with Crippen LogP contribution < -0.4 is 0 Å². The van der Waals surface area contributed by atoms with Crippen molar-refractivity contribution in [2.24, 2.45) is 0 Å². The lowest BCUT2D eigenvalue weighted by Crippen LogP contribution is -2.00. The predicted octanol–water partition coefficient (Wildman–Crippen LogP) is 11.6. The van der Waals surface area contributed by atoms with Crippen LogP contribution in [0.2, 0.25) is 0 Å². The SMILES string of the molecule is c1ccc(-c2nc(-c3ccccc3)nc(-c3ccc(-c4cccc5cccc(-c6ccc(-c7cccc8cccnc78)cc6)c45)cc3)n2)cc1. The lowest BCUT2D eigenvalue weighted by atomic mass is 9.90. The first-order valence-corrected chi connectivity index (χ1v) is 16.7. The molecule has 0 bridgehead atoms. The molecule has 0 aliphatic rings. The minimum atomic E-state index is 0.643. The summed E-state index contributed by atoms with van der Waals surface area (Å²) in [6.45, 7) is 0. The average molecular weight is 639 g/mol. The standard InChI is InChI=1S/C46H30N4/c1-3-11-36(12-4-1)44-48-45(37-13-5-2-6-14-37)50-46(49-44)38-28-26-32(27-29-38)40-20-8-16-34-15-7-19-39(42(34)40)31-22-24-33(25-23-31)41-21-9-17-35-18-10-30-47-43(35)41/h1-30H. The van der Waals surface area contributed by atoms with Crippen LogP contribution in [0.25, 0.3) is 89.2 Å². The summed E-state index contributed by atoms with van der Waals surface area (Å²) in [5.41, 5.74) is 10.8. The van der Waals surface area contributed by atoms with Crippen molar-refractivity contribution in [1.29, 1.82) is 0 Å². The highest BCUT2D eigenvalue weighted by Gasteiger charge is 2.14. The second-order valence-electron chi connectivity index (χ2n) is 12.3. The highest BCUT2D eigenvalue weighted by molar-refractivity contribution is 6.06. The van der Waals surface area contributed by atoms with Crippen molar-refractivity contribution in [3.05, 3.63) is 182 Å². The number of hydrogen-bond donors (Lipinski definition) is 0.